The quantitative estimate of drug-likeness (QED) is 0.868. The maximum atomic E-state index is 12.7. The van der Waals surface area contributed by atoms with Crippen molar-refractivity contribution in [1.29, 1.82) is 0 Å². The topological polar surface area (TPSA) is 38.3 Å². The van der Waals surface area contributed by atoms with Crippen LogP contribution in [0.25, 0.3) is 0 Å². The molecule has 0 atom stereocenters. The minimum Gasteiger partial charge on any atom is -0.380 e. The van der Waals surface area contributed by atoms with Gasteiger partial charge in [0.2, 0.25) is 5.91 Å². The number of halogens is 1. The maximum Gasteiger partial charge on any atom is 0.220 e. The van der Waals surface area contributed by atoms with Crippen LogP contribution in [0.5, 0.6) is 0 Å². The molecule has 3 nitrogen and oxygen atoms in total. The lowest BCUT2D eigenvalue weighted by Gasteiger charge is -2.38. The van der Waals surface area contributed by atoms with E-state index in [2.05, 4.69) is 12.2 Å². The first kappa shape index (κ1) is 13.0. The summed E-state index contributed by atoms with van der Waals surface area (Å²) in [4.78, 5) is 11.6. The maximum absolute atomic E-state index is 12.7. The predicted octanol–water partition coefficient (Wildman–Crippen LogP) is 1.91. The van der Waals surface area contributed by atoms with Crippen LogP contribution in [0, 0.1) is 11.2 Å². The van der Waals surface area contributed by atoms with E-state index >= 15 is 0 Å². The third-order valence-corrected chi connectivity index (χ3v) is 3.17. The van der Waals surface area contributed by atoms with Gasteiger partial charge < -0.3 is 10.1 Å². The minimum atomic E-state index is -0.249. The van der Waals surface area contributed by atoms with Crippen LogP contribution in [0.3, 0.4) is 0 Å². The normalized spacial score (nSPS) is 17.0. The van der Waals surface area contributed by atoms with Crippen molar-refractivity contribution in [2.75, 3.05) is 19.8 Å². The summed E-state index contributed by atoms with van der Waals surface area (Å²) in [5.41, 5.74) is 1.08. The number of amides is 1. The molecule has 0 spiro atoms. The van der Waals surface area contributed by atoms with Crippen LogP contribution in [-0.4, -0.2) is 25.7 Å². The summed E-state index contributed by atoms with van der Waals surface area (Å²) in [6.07, 6.45) is 1.07. The number of nitrogens with one attached hydrogen (secondary N) is 1. The van der Waals surface area contributed by atoms with E-state index in [1.165, 1.54) is 12.1 Å². The zero-order valence-electron chi connectivity index (χ0n) is 10.5. The predicted molar refractivity (Wildman–Crippen MR) is 66.7 cm³/mol. The number of carbonyl (C=O) groups is 1. The van der Waals surface area contributed by atoms with E-state index < -0.39 is 0 Å². The van der Waals surface area contributed by atoms with Crippen molar-refractivity contribution in [3.8, 4) is 0 Å². The molecule has 4 heteroatoms. The van der Waals surface area contributed by atoms with Crippen molar-refractivity contribution in [2.24, 2.45) is 5.41 Å². The van der Waals surface area contributed by atoms with Gasteiger partial charge in [0, 0.05) is 18.4 Å². The van der Waals surface area contributed by atoms with Crippen LogP contribution >= 0.6 is 0 Å². The fraction of sp³-hybridized carbons (Fsp3) is 0.500. The second-order valence-electron chi connectivity index (χ2n) is 5.21. The van der Waals surface area contributed by atoms with Gasteiger partial charge in [0.05, 0.1) is 13.2 Å². The van der Waals surface area contributed by atoms with Gasteiger partial charge in [-0.05, 0) is 24.1 Å². The number of benzene rings is 1. The van der Waals surface area contributed by atoms with Crippen molar-refractivity contribution < 1.29 is 13.9 Å². The number of aryl methyl sites for hydroxylation is 1. The summed E-state index contributed by atoms with van der Waals surface area (Å²) >= 11 is 0. The Hall–Kier alpha value is -1.42. The molecule has 1 saturated heterocycles. The zero-order chi connectivity index (χ0) is 13.0. The van der Waals surface area contributed by atoms with Gasteiger partial charge in [-0.1, -0.05) is 19.1 Å². The standard InChI is InChI=1S/C14H18FNO2/c1-14(9-18-10-14)8-16-13(17)7-4-11-2-5-12(15)6-3-11/h2-3,5-6H,4,7-10H2,1H3,(H,16,17). The number of carbonyl (C=O) groups excluding carboxylic acids is 1. The zero-order valence-corrected chi connectivity index (χ0v) is 10.5. The SMILES string of the molecule is CC1(CNC(=O)CCc2ccc(F)cc2)COC1. The molecule has 0 unspecified atom stereocenters. The average molecular weight is 251 g/mol. The Morgan fingerprint density at radius 1 is 1.39 bits per heavy atom. The Balaban J connectivity index is 1.69. The molecule has 1 fully saturated rings. The van der Waals surface area contributed by atoms with Crippen LogP contribution in [0.1, 0.15) is 18.9 Å². The summed E-state index contributed by atoms with van der Waals surface area (Å²) in [7, 11) is 0. The molecule has 0 aromatic heterocycles. The molecular weight excluding hydrogens is 233 g/mol. The minimum absolute atomic E-state index is 0.0347. The molecule has 1 heterocycles. The Morgan fingerprint density at radius 2 is 2.06 bits per heavy atom. The molecule has 2 rings (SSSR count). The van der Waals surface area contributed by atoms with Gasteiger partial charge in [-0.15, -0.1) is 0 Å². The molecule has 18 heavy (non-hydrogen) atoms. The first-order chi connectivity index (χ1) is 8.57. The fourth-order valence-electron chi connectivity index (χ4n) is 1.86. The summed E-state index contributed by atoms with van der Waals surface area (Å²) in [5, 5.41) is 2.91. The highest BCUT2D eigenvalue weighted by Gasteiger charge is 2.33. The molecule has 1 N–H and O–H groups in total. The second kappa shape index (κ2) is 5.48. The van der Waals surface area contributed by atoms with Crippen molar-refractivity contribution in [3.63, 3.8) is 0 Å². The molecule has 98 valence electrons. The van der Waals surface area contributed by atoms with Crippen LogP contribution < -0.4 is 5.32 Å². The third kappa shape index (κ3) is 3.53. The van der Waals surface area contributed by atoms with Gasteiger partial charge in [-0.3, -0.25) is 4.79 Å². The van der Waals surface area contributed by atoms with E-state index in [1.54, 1.807) is 12.1 Å². The van der Waals surface area contributed by atoms with Crippen LogP contribution in [-0.2, 0) is 16.0 Å². The van der Waals surface area contributed by atoms with E-state index in [0.29, 0.717) is 32.6 Å². The molecule has 1 aliphatic heterocycles. The van der Waals surface area contributed by atoms with Crippen LogP contribution in [0.4, 0.5) is 4.39 Å². The number of hydrogen-bond acceptors (Lipinski definition) is 2. The molecule has 0 aliphatic carbocycles. The molecule has 1 aromatic carbocycles. The molecule has 0 saturated carbocycles. The lowest BCUT2D eigenvalue weighted by atomic mass is 9.89. The highest BCUT2D eigenvalue weighted by molar-refractivity contribution is 5.76. The first-order valence-electron chi connectivity index (χ1n) is 6.16. The van der Waals surface area contributed by atoms with Crippen molar-refractivity contribution in [3.05, 3.63) is 35.6 Å². The monoisotopic (exact) mass is 251 g/mol. The Labute approximate surface area is 106 Å². The van der Waals surface area contributed by atoms with E-state index in [0.717, 1.165) is 5.56 Å². The molecule has 0 bridgehead atoms. The first-order valence-corrected chi connectivity index (χ1v) is 6.16. The van der Waals surface area contributed by atoms with Crippen LogP contribution in [0.2, 0.25) is 0 Å². The van der Waals surface area contributed by atoms with Gasteiger partial charge >= 0.3 is 0 Å². The number of ether oxygens (including phenoxy) is 1. The lowest BCUT2D eigenvalue weighted by molar-refractivity contribution is -0.126. The summed E-state index contributed by atoms with van der Waals surface area (Å²) < 4.78 is 17.8. The van der Waals surface area contributed by atoms with Crippen LogP contribution in [0.15, 0.2) is 24.3 Å². The van der Waals surface area contributed by atoms with Gasteiger partial charge in [0.15, 0.2) is 0 Å². The van der Waals surface area contributed by atoms with E-state index in [9.17, 15) is 9.18 Å². The highest BCUT2D eigenvalue weighted by atomic mass is 19.1. The second-order valence-corrected chi connectivity index (χ2v) is 5.21. The Kier molecular flexibility index (Phi) is 3.97. The van der Waals surface area contributed by atoms with Gasteiger partial charge in [0.25, 0.3) is 0 Å². The smallest absolute Gasteiger partial charge is 0.220 e. The number of rotatable bonds is 5. The molecular formula is C14H18FNO2. The molecule has 0 radical (unpaired) electrons. The van der Waals surface area contributed by atoms with E-state index in [1.807, 2.05) is 0 Å². The summed E-state index contributed by atoms with van der Waals surface area (Å²) in [6, 6.07) is 6.26. The van der Waals surface area contributed by atoms with E-state index in [-0.39, 0.29) is 17.1 Å². The van der Waals surface area contributed by atoms with Gasteiger partial charge in [0.1, 0.15) is 5.82 Å². The van der Waals surface area contributed by atoms with Gasteiger partial charge in [-0.2, -0.15) is 0 Å². The molecule has 1 aromatic rings. The summed E-state index contributed by atoms with van der Waals surface area (Å²) in [5.74, 6) is -0.214. The number of hydrogen-bond donors (Lipinski definition) is 1. The van der Waals surface area contributed by atoms with E-state index in [4.69, 9.17) is 4.74 Å². The summed E-state index contributed by atoms with van der Waals surface area (Å²) in [6.45, 7) is 4.18. The Bertz CT molecular complexity index is 412. The Morgan fingerprint density at radius 3 is 2.61 bits per heavy atom. The average Bonchev–Trinajstić information content (AvgIpc) is 2.33. The fourth-order valence-corrected chi connectivity index (χ4v) is 1.86. The van der Waals surface area contributed by atoms with Crippen molar-refractivity contribution in [2.45, 2.75) is 19.8 Å². The lowest BCUT2D eigenvalue weighted by Crippen LogP contribution is -2.48. The van der Waals surface area contributed by atoms with Crippen molar-refractivity contribution in [1.82, 2.24) is 5.32 Å². The third-order valence-electron chi connectivity index (χ3n) is 3.17. The molecule has 1 amide bonds. The largest absolute Gasteiger partial charge is 0.380 e. The highest BCUT2D eigenvalue weighted by Crippen LogP contribution is 2.25. The van der Waals surface area contributed by atoms with Crippen molar-refractivity contribution >= 4 is 5.91 Å². The molecule has 1 aliphatic rings. The van der Waals surface area contributed by atoms with Gasteiger partial charge in [-0.25, -0.2) is 4.39 Å².